The number of phenols is 1. The molecule has 1 heterocycles. The summed E-state index contributed by atoms with van der Waals surface area (Å²) in [7, 11) is 3.02. The Bertz CT molecular complexity index is 1030. The van der Waals surface area contributed by atoms with Gasteiger partial charge in [-0.1, -0.05) is 38.2 Å². The Morgan fingerprint density at radius 2 is 1.86 bits per heavy atom. The lowest BCUT2D eigenvalue weighted by Crippen LogP contribution is -2.37. The van der Waals surface area contributed by atoms with E-state index in [1.54, 1.807) is 57.4 Å². The molecule has 2 bridgehead atoms. The molecule has 0 radical (unpaired) electrons. The smallest absolute Gasteiger partial charge is 0.405 e. The van der Waals surface area contributed by atoms with Crippen LogP contribution in [0.25, 0.3) is 0 Å². The monoisotopic (exact) mass is 516 g/mol. The predicted octanol–water partition coefficient (Wildman–Crippen LogP) is 3.85. The summed E-state index contributed by atoms with van der Waals surface area (Å²) in [6.45, 7) is 7.30. The van der Waals surface area contributed by atoms with Gasteiger partial charge < -0.3 is 35.5 Å². The molecule has 0 unspecified atom stereocenters. The number of methoxy groups -OCH3 is 2. The van der Waals surface area contributed by atoms with Gasteiger partial charge in [0.15, 0.2) is 6.10 Å². The fraction of sp³-hybridized carbons (Fsp3) is 0.500. The summed E-state index contributed by atoms with van der Waals surface area (Å²) in [6, 6.07) is 4.94. The van der Waals surface area contributed by atoms with Gasteiger partial charge in [-0.25, -0.2) is 4.79 Å². The van der Waals surface area contributed by atoms with Gasteiger partial charge in [0.05, 0.1) is 12.2 Å². The third-order valence-corrected chi connectivity index (χ3v) is 6.56. The number of amides is 2. The fourth-order valence-electron chi connectivity index (χ4n) is 4.47. The molecular formula is C28H40N2O7. The number of primary amides is 1. The number of carbonyl (C=O) groups excluding carboxylic acids is 2. The molecule has 1 aromatic rings. The van der Waals surface area contributed by atoms with Crippen LogP contribution in [0.15, 0.2) is 53.6 Å². The van der Waals surface area contributed by atoms with Crippen molar-refractivity contribution in [3.05, 3.63) is 59.2 Å². The van der Waals surface area contributed by atoms with Gasteiger partial charge in [0.1, 0.15) is 11.9 Å². The van der Waals surface area contributed by atoms with Gasteiger partial charge in [-0.3, -0.25) is 4.79 Å². The molecule has 1 aromatic carbocycles. The molecule has 2 amide bonds. The molecule has 0 spiro atoms. The number of hydrogen-bond donors (Lipinski definition) is 4. The minimum atomic E-state index is -0.959. The second kappa shape index (κ2) is 14.0. The van der Waals surface area contributed by atoms with E-state index < -0.39 is 30.5 Å². The zero-order valence-corrected chi connectivity index (χ0v) is 22.4. The molecule has 0 aliphatic carbocycles. The molecule has 0 aromatic heterocycles. The maximum Gasteiger partial charge on any atom is 0.405 e. The average Bonchev–Trinajstić information content (AvgIpc) is 2.84. The first-order valence-corrected chi connectivity index (χ1v) is 12.3. The van der Waals surface area contributed by atoms with Crippen molar-refractivity contribution in [2.24, 2.45) is 17.6 Å². The molecule has 204 valence electrons. The summed E-state index contributed by atoms with van der Waals surface area (Å²) >= 11 is 0. The van der Waals surface area contributed by atoms with Crippen molar-refractivity contribution in [1.82, 2.24) is 0 Å². The quantitative estimate of drug-likeness (QED) is 0.353. The second-order valence-electron chi connectivity index (χ2n) is 9.67. The number of hydrogen-bond acceptors (Lipinski definition) is 7. The molecule has 1 aliphatic rings. The van der Waals surface area contributed by atoms with Crippen molar-refractivity contribution >= 4 is 17.7 Å². The first-order valence-electron chi connectivity index (χ1n) is 12.3. The van der Waals surface area contributed by atoms with E-state index in [2.05, 4.69) is 5.32 Å². The molecule has 6 atom stereocenters. The Morgan fingerprint density at radius 3 is 2.49 bits per heavy atom. The number of carbonyl (C=O) groups is 2. The van der Waals surface area contributed by atoms with Crippen LogP contribution >= 0.6 is 0 Å². The first kappa shape index (κ1) is 30.1. The molecule has 5 N–H and O–H groups in total. The van der Waals surface area contributed by atoms with Crippen LogP contribution in [-0.4, -0.2) is 60.8 Å². The zero-order chi connectivity index (χ0) is 27.7. The van der Waals surface area contributed by atoms with Crippen molar-refractivity contribution < 1.29 is 34.0 Å². The van der Waals surface area contributed by atoms with E-state index >= 15 is 0 Å². The van der Waals surface area contributed by atoms with Crippen LogP contribution in [0.2, 0.25) is 0 Å². The van der Waals surface area contributed by atoms with Crippen molar-refractivity contribution in [1.29, 1.82) is 0 Å². The number of allylic oxidation sites excluding steroid dienone is 2. The Balaban J connectivity index is 2.53. The standard InChI is InChI=1S/C28H40N2O7/c1-16-12-20-15-21(10-11-22(20)31)30-27(33)17(2)8-7-9-23(35-5)26(37-28(29)34)19(4)14-18(3)25(32)24(13-16)36-6/h7-11,14-16,18,23-26,31-32H,12-13H2,1-6H3,(H2,29,34)(H,30,33)/t16-,18+,23+,24+,25-,26+/m1/s1. The molecule has 0 saturated carbocycles. The van der Waals surface area contributed by atoms with E-state index in [1.807, 2.05) is 19.9 Å². The highest BCUT2D eigenvalue weighted by molar-refractivity contribution is 6.03. The van der Waals surface area contributed by atoms with E-state index in [0.29, 0.717) is 35.2 Å². The highest BCUT2D eigenvalue weighted by Gasteiger charge is 2.29. The summed E-state index contributed by atoms with van der Waals surface area (Å²) in [5, 5.41) is 24.3. The lowest BCUT2D eigenvalue weighted by Gasteiger charge is -2.29. The Kier molecular flexibility index (Phi) is 11.4. The number of benzene rings is 1. The van der Waals surface area contributed by atoms with Crippen LogP contribution in [0.1, 0.15) is 39.7 Å². The SMILES string of the molecule is CO[C@H]1C=CC=C(C)C(=O)Nc2ccc(O)c(c2)C[C@@H](C)C[C@H](OC)[C@H](O)[C@@H](C)C=C(C)[C@@H]1OC(N)=O. The van der Waals surface area contributed by atoms with E-state index in [4.69, 9.17) is 19.9 Å². The van der Waals surface area contributed by atoms with Crippen molar-refractivity contribution in [3.8, 4) is 5.75 Å². The molecular weight excluding hydrogens is 476 g/mol. The van der Waals surface area contributed by atoms with E-state index in [-0.39, 0.29) is 23.5 Å². The normalized spacial score (nSPS) is 28.1. The van der Waals surface area contributed by atoms with Gasteiger partial charge in [0.25, 0.3) is 5.91 Å². The van der Waals surface area contributed by atoms with E-state index in [9.17, 15) is 19.8 Å². The van der Waals surface area contributed by atoms with Crippen LogP contribution in [0.3, 0.4) is 0 Å². The number of phenolic OH excluding ortho intramolecular Hbond substituents is 1. The molecule has 37 heavy (non-hydrogen) atoms. The van der Waals surface area contributed by atoms with Gasteiger partial charge in [-0.05, 0) is 61.9 Å². The van der Waals surface area contributed by atoms with Crippen LogP contribution in [0.4, 0.5) is 10.5 Å². The minimum absolute atomic E-state index is 0.0467. The second-order valence-corrected chi connectivity index (χ2v) is 9.67. The molecule has 1 aliphatic heterocycles. The molecule has 9 nitrogen and oxygen atoms in total. The maximum atomic E-state index is 12.7. The molecule has 9 heteroatoms. The maximum absolute atomic E-state index is 12.7. The number of aliphatic hydroxyl groups is 1. The Morgan fingerprint density at radius 1 is 1.16 bits per heavy atom. The van der Waals surface area contributed by atoms with Crippen molar-refractivity contribution in [2.75, 3.05) is 19.5 Å². The number of aromatic hydroxyl groups is 1. The summed E-state index contributed by atoms with van der Waals surface area (Å²) in [5.41, 5.74) is 7.65. The largest absolute Gasteiger partial charge is 0.508 e. The number of rotatable bonds is 3. The third kappa shape index (κ3) is 8.73. The molecule has 2 rings (SSSR count). The van der Waals surface area contributed by atoms with Gasteiger partial charge in [0, 0.05) is 31.4 Å². The summed E-state index contributed by atoms with van der Waals surface area (Å²) in [5.74, 6) is -0.469. The Labute approximate surface area is 219 Å². The highest BCUT2D eigenvalue weighted by atomic mass is 16.6. The third-order valence-electron chi connectivity index (χ3n) is 6.56. The van der Waals surface area contributed by atoms with Crippen molar-refractivity contribution in [3.63, 3.8) is 0 Å². The first-order chi connectivity index (χ1) is 17.5. The number of nitrogens with one attached hydrogen (secondary N) is 1. The van der Waals surface area contributed by atoms with E-state index in [1.165, 1.54) is 7.11 Å². The average molecular weight is 517 g/mol. The van der Waals surface area contributed by atoms with Crippen molar-refractivity contribution in [2.45, 2.75) is 65.0 Å². The van der Waals surface area contributed by atoms with Crippen LogP contribution in [0, 0.1) is 11.8 Å². The number of ether oxygens (including phenoxy) is 3. The van der Waals surface area contributed by atoms with E-state index in [0.717, 1.165) is 0 Å². The number of fused-ring (bicyclic) bond motifs is 2. The van der Waals surface area contributed by atoms with Gasteiger partial charge in [-0.15, -0.1) is 0 Å². The number of nitrogens with two attached hydrogens (primary N) is 1. The highest BCUT2D eigenvalue weighted by Crippen LogP contribution is 2.28. The summed E-state index contributed by atoms with van der Waals surface area (Å²) in [6.07, 6.45) is 3.95. The number of anilines is 1. The van der Waals surface area contributed by atoms with Crippen LogP contribution in [0.5, 0.6) is 5.75 Å². The number of aliphatic hydroxyl groups excluding tert-OH is 1. The molecule has 0 saturated heterocycles. The van der Waals surface area contributed by atoms with Crippen LogP contribution < -0.4 is 11.1 Å². The predicted molar refractivity (Wildman–Crippen MR) is 142 cm³/mol. The van der Waals surface area contributed by atoms with Gasteiger partial charge >= 0.3 is 6.09 Å². The Hall–Kier alpha value is -3.14. The lowest BCUT2D eigenvalue weighted by molar-refractivity contribution is -0.112. The fourth-order valence-corrected chi connectivity index (χ4v) is 4.47. The zero-order valence-electron chi connectivity index (χ0n) is 22.4. The van der Waals surface area contributed by atoms with Gasteiger partial charge in [-0.2, -0.15) is 0 Å². The van der Waals surface area contributed by atoms with Crippen LogP contribution in [-0.2, 0) is 25.4 Å². The van der Waals surface area contributed by atoms with Gasteiger partial charge in [0.2, 0.25) is 0 Å². The summed E-state index contributed by atoms with van der Waals surface area (Å²) < 4.78 is 16.5. The topological polar surface area (TPSA) is 140 Å². The lowest BCUT2D eigenvalue weighted by atomic mass is 9.88. The minimum Gasteiger partial charge on any atom is -0.508 e. The summed E-state index contributed by atoms with van der Waals surface area (Å²) in [4.78, 5) is 24.4. The molecule has 0 fully saturated rings.